The molecule has 2 aliphatic rings. The highest BCUT2D eigenvalue weighted by atomic mass is 19.1. The maximum Gasteiger partial charge on any atom is 0.258 e. The van der Waals surface area contributed by atoms with Gasteiger partial charge < -0.3 is 20.2 Å². The zero-order valence-electron chi connectivity index (χ0n) is 17.2. The van der Waals surface area contributed by atoms with Gasteiger partial charge in [-0.25, -0.2) is 9.37 Å². The van der Waals surface area contributed by atoms with Crippen molar-refractivity contribution in [2.75, 3.05) is 29.4 Å². The summed E-state index contributed by atoms with van der Waals surface area (Å²) in [5.41, 5.74) is 11.1. The number of benzene rings is 2. The number of pyridine rings is 1. The summed E-state index contributed by atoms with van der Waals surface area (Å²) < 4.78 is 25.7. The first-order chi connectivity index (χ1) is 15.7. The van der Waals surface area contributed by atoms with E-state index in [0.717, 1.165) is 25.1 Å². The number of ether oxygens (including phenoxy) is 2. The second-order valence-corrected chi connectivity index (χ2v) is 7.59. The normalized spacial score (nSPS) is 16.7. The molecular formula is C23H26FN5O3. The summed E-state index contributed by atoms with van der Waals surface area (Å²) in [5.74, 6) is 0.164. The average Bonchev–Trinajstić information content (AvgIpc) is 3.50. The number of carbonyl (C=O) groups is 1. The average molecular weight is 439 g/mol. The van der Waals surface area contributed by atoms with E-state index in [4.69, 9.17) is 9.47 Å². The fourth-order valence-corrected chi connectivity index (χ4v) is 3.63. The third-order valence-electron chi connectivity index (χ3n) is 5.35. The number of hydrogen-bond acceptors (Lipinski definition) is 7. The van der Waals surface area contributed by atoms with Crippen LogP contribution in [0.5, 0.6) is 5.75 Å². The first-order valence-electron chi connectivity index (χ1n) is 10.4. The van der Waals surface area contributed by atoms with Crippen LogP contribution >= 0.6 is 0 Å². The van der Waals surface area contributed by atoms with Crippen LogP contribution < -0.4 is 26.4 Å². The van der Waals surface area contributed by atoms with Crippen LogP contribution in [0.1, 0.15) is 26.1 Å². The Morgan fingerprint density at radius 1 is 1.19 bits per heavy atom. The number of anilines is 3. The molecule has 1 aromatic heterocycles. The number of rotatable bonds is 6. The number of hydrazine groups is 2. The number of nitrogens with zero attached hydrogens (tertiary/aromatic N) is 1. The van der Waals surface area contributed by atoms with E-state index < -0.39 is 11.7 Å². The number of hydrogen-bond donors (Lipinski definition) is 4. The molecule has 168 valence electrons. The summed E-state index contributed by atoms with van der Waals surface area (Å²) in [6, 6.07) is 15.0. The lowest BCUT2D eigenvalue weighted by Crippen LogP contribution is -2.19. The monoisotopic (exact) mass is 439 g/mol. The lowest BCUT2D eigenvalue weighted by Gasteiger charge is -2.12. The Kier molecular flexibility index (Phi) is 5.57. The van der Waals surface area contributed by atoms with Crippen LogP contribution in [0.25, 0.3) is 11.3 Å². The zero-order chi connectivity index (χ0) is 21.9. The molecule has 32 heavy (non-hydrogen) atoms. The lowest BCUT2D eigenvalue weighted by molar-refractivity contribution is 0.0679. The molecule has 0 radical (unpaired) electrons. The number of carbonyl (C=O) groups excluding carboxylic acids is 1. The smallest absolute Gasteiger partial charge is 0.258 e. The number of amides is 1. The van der Waals surface area contributed by atoms with Crippen molar-refractivity contribution < 1.29 is 21.5 Å². The first kappa shape index (κ1) is 20.2. The van der Waals surface area contributed by atoms with Crippen LogP contribution in [0.15, 0.2) is 54.6 Å². The fourth-order valence-electron chi connectivity index (χ4n) is 3.63. The lowest BCUT2D eigenvalue weighted by atomic mass is 10.1. The minimum atomic E-state index is -0.606. The fraction of sp³-hybridized carbons (Fsp3) is 0.217. The molecular weight excluding hydrogens is 413 g/mol. The largest absolute Gasteiger partial charge is 0.491 e. The standard InChI is InChI=1S/C23H22FN5O3.2H2/c24-19-8-3-14(20-9-10-21-22(26-20)28-29-27-21)12-18(19)23(30)25-15-4-6-16(7-5-15)32-13-17-2-1-11-31-17;;/h3-10,12,17,27,29H,1-2,11,13H2,(H,25,30)(H,26,28);2*1H. The molecule has 3 aromatic rings. The third kappa shape index (κ3) is 4.34. The van der Waals surface area contributed by atoms with E-state index in [2.05, 4.69) is 26.7 Å². The highest BCUT2D eigenvalue weighted by Crippen LogP contribution is 2.28. The van der Waals surface area contributed by atoms with E-state index >= 15 is 0 Å². The Hall–Kier alpha value is -3.69. The topological polar surface area (TPSA) is 96.5 Å². The SMILES string of the molecule is O=C(Nc1ccc(OCC2CCCO2)cc1)c1cc(-c2ccc3c(n2)NNN3)ccc1F.[HH].[HH]. The van der Waals surface area contributed by atoms with E-state index in [1.165, 1.54) is 12.1 Å². The van der Waals surface area contributed by atoms with Gasteiger partial charge >= 0.3 is 0 Å². The molecule has 2 aliphatic heterocycles. The molecule has 4 N–H and O–H groups in total. The Bertz CT molecular complexity index is 1140. The summed E-state index contributed by atoms with van der Waals surface area (Å²) in [7, 11) is 0. The van der Waals surface area contributed by atoms with Crippen LogP contribution in [0.2, 0.25) is 0 Å². The van der Waals surface area contributed by atoms with Crippen molar-refractivity contribution in [3.8, 4) is 17.0 Å². The van der Waals surface area contributed by atoms with Gasteiger partial charge in [-0.2, -0.15) is 0 Å². The predicted octanol–water partition coefficient (Wildman–Crippen LogP) is 4.45. The van der Waals surface area contributed by atoms with Crippen LogP contribution in [0.3, 0.4) is 0 Å². The second-order valence-electron chi connectivity index (χ2n) is 7.59. The van der Waals surface area contributed by atoms with Crippen LogP contribution in [-0.4, -0.2) is 30.2 Å². The summed E-state index contributed by atoms with van der Waals surface area (Å²) in [4.78, 5) is 17.2. The molecule has 0 spiro atoms. The van der Waals surface area contributed by atoms with Gasteiger partial charge in [-0.1, -0.05) is 0 Å². The number of aromatic nitrogens is 1. The van der Waals surface area contributed by atoms with Crippen LogP contribution in [0.4, 0.5) is 21.6 Å². The molecule has 1 unspecified atom stereocenters. The third-order valence-corrected chi connectivity index (χ3v) is 5.35. The number of nitrogens with one attached hydrogen (secondary N) is 4. The van der Waals surface area contributed by atoms with Gasteiger partial charge in [0.15, 0.2) is 5.82 Å². The van der Waals surface area contributed by atoms with Crippen molar-refractivity contribution in [1.82, 2.24) is 10.5 Å². The van der Waals surface area contributed by atoms with Gasteiger partial charge in [-0.3, -0.25) is 10.2 Å². The van der Waals surface area contributed by atoms with Gasteiger partial charge in [-0.05, 0) is 67.4 Å². The molecule has 0 bridgehead atoms. The molecule has 2 aromatic carbocycles. The summed E-state index contributed by atoms with van der Waals surface area (Å²) >= 11 is 0. The molecule has 5 rings (SSSR count). The van der Waals surface area contributed by atoms with E-state index in [1.807, 2.05) is 6.07 Å². The van der Waals surface area contributed by atoms with E-state index in [9.17, 15) is 9.18 Å². The summed E-state index contributed by atoms with van der Waals surface area (Å²) in [6.45, 7) is 1.28. The van der Waals surface area contributed by atoms with E-state index in [0.29, 0.717) is 35.1 Å². The number of fused-ring (bicyclic) bond motifs is 1. The quantitative estimate of drug-likeness (QED) is 0.451. The van der Waals surface area contributed by atoms with Gasteiger partial charge in [0, 0.05) is 20.7 Å². The highest BCUT2D eigenvalue weighted by Gasteiger charge is 2.17. The number of halogens is 1. The molecule has 3 heterocycles. The Balaban J connectivity index is 0.00000162. The van der Waals surface area contributed by atoms with Crippen molar-refractivity contribution in [1.29, 1.82) is 0 Å². The molecule has 1 saturated heterocycles. The van der Waals surface area contributed by atoms with E-state index in [1.54, 1.807) is 36.4 Å². The van der Waals surface area contributed by atoms with Gasteiger partial charge in [-0.15, -0.1) is 5.53 Å². The molecule has 0 saturated carbocycles. The second kappa shape index (κ2) is 8.81. The molecule has 8 nitrogen and oxygen atoms in total. The van der Waals surface area contributed by atoms with Crippen molar-refractivity contribution >= 4 is 23.1 Å². The Morgan fingerprint density at radius 2 is 2.06 bits per heavy atom. The highest BCUT2D eigenvalue weighted by molar-refractivity contribution is 6.05. The minimum absolute atomic E-state index is 0. The Morgan fingerprint density at radius 3 is 2.88 bits per heavy atom. The zero-order valence-corrected chi connectivity index (χ0v) is 17.2. The molecule has 1 atom stereocenters. The maximum atomic E-state index is 14.4. The van der Waals surface area contributed by atoms with Crippen LogP contribution in [0, 0.1) is 5.82 Å². The maximum absolute atomic E-state index is 14.4. The Labute approximate surface area is 187 Å². The van der Waals surface area contributed by atoms with Gasteiger partial charge in [0.25, 0.3) is 5.91 Å². The molecule has 1 fully saturated rings. The van der Waals surface area contributed by atoms with Crippen molar-refractivity contribution in [2.45, 2.75) is 18.9 Å². The predicted molar refractivity (Wildman–Crippen MR) is 123 cm³/mol. The molecule has 0 aliphatic carbocycles. The summed E-state index contributed by atoms with van der Waals surface area (Å²) in [5, 5.41) is 2.73. The van der Waals surface area contributed by atoms with Crippen molar-refractivity contribution in [3.63, 3.8) is 0 Å². The van der Waals surface area contributed by atoms with E-state index in [-0.39, 0.29) is 14.5 Å². The first-order valence-corrected chi connectivity index (χ1v) is 10.4. The van der Waals surface area contributed by atoms with Gasteiger partial charge in [0.05, 0.1) is 23.0 Å². The van der Waals surface area contributed by atoms with Crippen LogP contribution in [-0.2, 0) is 4.74 Å². The van der Waals surface area contributed by atoms with Crippen molar-refractivity contribution in [3.05, 3.63) is 66.0 Å². The summed E-state index contributed by atoms with van der Waals surface area (Å²) in [6.07, 6.45) is 2.20. The molecule has 1 amide bonds. The molecule has 9 heteroatoms. The van der Waals surface area contributed by atoms with Crippen molar-refractivity contribution in [2.24, 2.45) is 0 Å². The van der Waals surface area contributed by atoms with Gasteiger partial charge in [0.2, 0.25) is 0 Å². The minimum Gasteiger partial charge on any atom is -0.491 e. The van der Waals surface area contributed by atoms with Gasteiger partial charge in [0.1, 0.15) is 18.2 Å².